The van der Waals surface area contributed by atoms with E-state index in [2.05, 4.69) is 88.9 Å². The largest absolute Gasteiger partial charge is 0.378 e. The molecule has 2 aliphatic rings. The van der Waals surface area contributed by atoms with Gasteiger partial charge < -0.3 is 15.2 Å². The van der Waals surface area contributed by atoms with Crippen molar-refractivity contribution in [2.45, 2.75) is 38.8 Å². The second-order valence-electron chi connectivity index (χ2n) is 9.17. The van der Waals surface area contributed by atoms with E-state index >= 15 is 0 Å². The number of aryl methyl sites for hydroxylation is 1. The van der Waals surface area contributed by atoms with Crippen molar-refractivity contribution in [1.29, 1.82) is 0 Å². The van der Waals surface area contributed by atoms with Crippen molar-refractivity contribution in [1.82, 2.24) is 9.88 Å². The van der Waals surface area contributed by atoms with Gasteiger partial charge in [0.25, 0.3) is 5.91 Å². The standard InChI is InChI=1S/C29H29N3O/c1-3-30-29(33)19-12-14-25-23(17-19)20-9-7-10-22(20)28(31-25)18-13-15-27-24(16-18)21-8-5-6-11-26(21)32(27)4-2/h5-9,11-17,20,22,28,31H,3-4,10H2,1-2H3,(H,30,33). The number of nitrogens with zero attached hydrogens (tertiary/aromatic N) is 1. The van der Waals surface area contributed by atoms with Crippen molar-refractivity contribution in [3.63, 3.8) is 0 Å². The second kappa shape index (κ2) is 7.80. The van der Waals surface area contributed by atoms with Crippen LogP contribution < -0.4 is 10.6 Å². The summed E-state index contributed by atoms with van der Waals surface area (Å²) in [6, 6.07) is 22.0. The Hall–Kier alpha value is -3.53. The zero-order valence-corrected chi connectivity index (χ0v) is 19.1. The van der Waals surface area contributed by atoms with E-state index in [1.54, 1.807) is 0 Å². The Morgan fingerprint density at radius 3 is 2.73 bits per heavy atom. The molecule has 1 aliphatic heterocycles. The summed E-state index contributed by atoms with van der Waals surface area (Å²) >= 11 is 0. The van der Waals surface area contributed by atoms with Gasteiger partial charge in [-0.15, -0.1) is 0 Å². The predicted octanol–water partition coefficient (Wildman–Crippen LogP) is 6.39. The van der Waals surface area contributed by atoms with Crippen LogP contribution in [0, 0.1) is 5.92 Å². The number of fused-ring (bicyclic) bond motifs is 6. The molecule has 0 fully saturated rings. The van der Waals surface area contributed by atoms with Gasteiger partial charge in [-0.05, 0) is 73.7 Å². The molecular formula is C29H29N3O. The minimum Gasteiger partial charge on any atom is -0.378 e. The quantitative estimate of drug-likeness (QED) is 0.365. The zero-order chi connectivity index (χ0) is 22.5. The zero-order valence-electron chi connectivity index (χ0n) is 19.1. The van der Waals surface area contributed by atoms with E-state index in [9.17, 15) is 4.79 Å². The SMILES string of the molecule is CCNC(=O)c1ccc2c(c1)C1C=CCC1C(c1ccc3c(c1)c1ccccc1n3CC)N2. The maximum atomic E-state index is 12.4. The molecule has 0 spiro atoms. The van der Waals surface area contributed by atoms with Gasteiger partial charge in [0.2, 0.25) is 0 Å². The van der Waals surface area contributed by atoms with Gasteiger partial charge in [-0.2, -0.15) is 0 Å². The van der Waals surface area contributed by atoms with Gasteiger partial charge in [0.15, 0.2) is 0 Å². The molecule has 6 rings (SSSR count). The highest BCUT2D eigenvalue weighted by atomic mass is 16.1. The Morgan fingerprint density at radius 1 is 1.03 bits per heavy atom. The van der Waals surface area contributed by atoms with E-state index in [0.717, 1.165) is 24.2 Å². The van der Waals surface area contributed by atoms with E-state index in [1.165, 1.54) is 32.9 Å². The molecule has 3 atom stereocenters. The summed E-state index contributed by atoms with van der Waals surface area (Å²) in [4.78, 5) is 12.4. The summed E-state index contributed by atoms with van der Waals surface area (Å²) < 4.78 is 2.40. The number of allylic oxidation sites excluding steroid dienone is 2. The number of hydrogen-bond acceptors (Lipinski definition) is 2. The Morgan fingerprint density at radius 2 is 1.88 bits per heavy atom. The fraction of sp³-hybridized carbons (Fsp3) is 0.276. The van der Waals surface area contributed by atoms with Crippen molar-refractivity contribution in [3.05, 3.63) is 89.5 Å². The van der Waals surface area contributed by atoms with Crippen LogP contribution in [0.2, 0.25) is 0 Å². The number of nitrogens with one attached hydrogen (secondary N) is 2. The van der Waals surface area contributed by atoms with Gasteiger partial charge in [-0.3, -0.25) is 4.79 Å². The molecule has 33 heavy (non-hydrogen) atoms. The maximum absolute atomic E-state index is 12.4. The van der Waals surface area contributed by atoms with Crippen molar-refractivity contribution < 1.29 is 4.79 Å². The molecule has 4 heteroatoms. The molecule has 3 aromatic carbocycles. The number of carbonyl (C=O) groups excluding carboxylic acids is 1. The molecular weight excluding hydrogens is 406 g/mol. The number of benzene rings is 3. The summed E-state index contributed by atoms with van der Waals surface area (Å²) in [7, 11) is 0. The minimum atomic E-state index is -0.00119. The maximum Gasteiger partial charge on any atom is 0.251 e. The first-order valence-electron chi connectivity index (χ1n) is 12.1. The van der Waals surface area contributed by atoms with Crippen molar-refractivity contribution in [2.24, 2.45) is 5.92 Å². The molecule has 2 N–H and O–H groups in total. The second-order valence-corrected chi connectivity index (χ2v) is 9.17. The van der Waals surface area contributed by atoms with E-state index in [1.807, 2.05) is 13.0 Å². The molecule has 0 radical (unpaired) electrons. The molecule has 0 bridgehead atoms. The number of amides is 1. The first kappa shape index (κ1) is 20.1. The van der Waals surface area contributed by atoms with Gasteiger partial charge in [0.05, 0.1) is 6.04 Å². The third-order valence-corrected chi connectivity index (χ3v) is 7.43. The third kappa shape index (κ3) is 3.08. The van der Waals surface area contributed by atoms with Gasteiger partial charge in [-0.25, -0.2) is 0 Å². The summed E-state index contributed by atoms with van der Waals surface area (Å²) in [5, 5.41) is 9.40. The minimum absolute atomic E-state index is 0.00119. The van der Waals surface area contributed by atoms with Crippen LogP contribution in [-0.2, 0) is 6.54 Å². The summed E-state index contributed by atoms with van der Waals surface area (Å²) in [6.45, 7) is 5.76. The highest BCUT2D eigenvalue weighted by molar-refractivity contribution is 6.08. The third-order valence-electron chi connectivity index (χ3n) is 7.43. The Balaban J connectivity index is 1.44. The van der Waals surface area contributed by atoms with E-state index in [0.29, 0.717) is 18.4 Å². The van der Waals surface area contributed by atoms with Crippen molar-refractivity contribution in [3.8, 4) is 0 Å². The average Bonchev–Trinajstić information content (AvgIpc) is 3.46. The first-order chi connectivity index (χ1) is 16.2. The molecule has 2 heterocycles. The number of rotatable bonds is 4. The number of anilines is 1. The van der Waals surface area contributed by atoms with Gasteiger partial charge >= 0.3 is 0 Å². The van der Waals surface area contributed by atoms with Crippen LogP contribution in [0.4, 0.5) is 5.69 Å². The van der Waals surface area contributed by atoms with Crippen LogP contribution in [0.1, 0.15) is 53.7 Å². The fourth-order valence-electron chi connectivity index (χ4n) is 5.93. The summed E-state index contributed by atoms with van der Waals surface area (Å²) in [6.07, 6.45) is 5.68. The molecule has 1 aliphatic carbocycles. The van der Waals surface area contributed by atoms with Gasteiger partial charge in [0.1, 0.15) is 0 Å². The smallest absolute Gasteiger partial charge is 0.251 e. The molecule has 3 unspecified atom stereocenters. The molecule has 4 aromatic rings. The van der Waals surface area contributed by atoms with Gasteiger partial charge in [-0.1, -0.05) is 36.4 Å². The van der Waals surface area contributed by atoms with Crippen LogP contribution in [-0.4, -0.2) is 17.0 Å². The summed E-state index contributed by atoms with van der Waals surface area (Å²) in [5.41, 5.74) is 7.04. The average molecular weight is 436 g/mol. The predicted molar refractivity (Wildman–Crippen MR) is 136 cm³/mol. The Kier molecular flexibility index (Phi) is 4.75. The lowest BCUT2D eigenvalue weighted by atomic mass is 9.76. The molecule has 1 aromatic heterocycles. The lowest BCUT2D eigenvalue weighted by Gasteiger charge is -2.37. The highest BCUT2D eigenvalue weighted by Gasteiger charge is 2.38. The molecule has 4 nitrogen and oxygen atoms in total. The number of aromatic nitrogens is 1. The topological polar surface area (TPSA) is 46.1 Å². The first-order valence-corrected chi connectivity index (χ1v) is 12.1. The molecule has 166 valence electrons. The number of para-hydroxylation sites is 1. The lowest BCUT2D eigenvalue weighted by Crippen LogP contribution is -2.30. The van der Waals surface area contributed by atoms with Crippen LogP contribution in [0.25, 0.3) is 21.8 Å². The molecule has 0 saturated heterocycles. The lowest BCUT2D eigenvalue weighted by molar-refractivity contribution is 0.0955. The number of carbonyl (C=O) groups is 1. The normalized spacial score (nSPS) is 21.1. The monoisotopic (exact) mass is 435 g/mol. The highest BCUT2D eigenvalue weighted by Crippen LogP contribution is 2.50. The number of hydrogen-bond donors (Lipinski definition) is 2. The van der Waals surface area contributed by atoms with Crippen molar-refractivity contribution in [2.75, 3.05) is 11.9 Å². The van der Waals surface area contributed by atoms with E-state index < -0.39 is 0 Å². The van der Waals surface area contributed by atoms with Crippen LogP contribution in [0.3, 0.4) is 0 Å². The van der Waals surface area contributed by atoms with Crippen molar-refractivity contribution >= 4 is 33.4 Å². The molecule has 0 saturated carbocycles. The Labute approximate surface area is 194 Å². The summed E-state index contributed by atoms with van der Waals surface area (Å²) in [5.74, 6) is 0.769. The molecule has 1 amide bonds. The van der Waals surface area contributed by atoms with Gasteiger partial charge in [0, 0.05) is 52.1 Å². The van der Waals surface area contributed by atoms with Crippen LogP contribution >= 0.6 is 0 Å². The van der Waals surface area contributed by atoms with E-state index in [4.69, 9.17) is 0 Å². The van der Waals surface area contributed by atoms with Crippen LogP contribution in [0.15, 0.2) is 72.8 Å². The van der Waals surface area contributed by atoms with E-state index in [-0.39, 0.29) is 11.9 Å². The van der Waals surface area contributed by atoms with Crippen LogP contribution in [0.5, 0.6) is 0 Å². The fourth-order valence-corrected chi connectivity index (χ4v) is 5.93. The Bertz CT molecular complexity index is 1410.